The second kappa shape index (κ2) is 8.30. The molecular weight excluding hydrogens is 292 g/mol. The van der Waals surface area contributed by atoms with Crippen LogP contribution in [0.2, 0.25) is 0 Å². The molecule has 1 aliphatic heterocycles. The summed E-state index contributed by atoms with van der Waals surface area (Å²) >= 11 is 1.38. The van der Waals surface area contributed by atoms with Gasteiger partial charge in [0.05, 0.1) is 25.5 Å². The zero-order chi connectivity index (χ0) is 15.1. The predicted octanol–water partition coefficient (Wildman–Crippen LogP) is -0.378. The first-order chi connectivity index (χ1) is 10.2. The number of carbonyl (C=O) groups is 1. The number of nitrogens with one attached hydrogen (secondary N) is 1. The van der Waals surface area contributed by atoms with Crippen LogP contribution >= 0.6 is 11.8 Å². The maximum Gasteiger partial charge on any atom is 0.233 e. The Labute approximate surface area is 128 Å². The standard InChI is InChI=1S/C12H22N6O2S/c1-10(2)13-3-4-18-12(14-15-16-18)21-9-11(19)17-5-7-20-8-6-17/h10,13H,3-9H2,1-2H3. The van der Waals surface area contributed by atoms with Crippen LogP contribution in [0.25, 0.3) is 0 Å². The van der Waals surface area contributed by atoms with E-state index in [4.69, 9.17) is 4.74 Å². The third-order valence-electron chi connectivity index (χ3n) is 3.06. The maximum absolute atomic E-state index is 12.1. The van der Waals surface area contributed by atoms with Gasteiger partial charge in [0.1, 0.15) is 0 Å². The Hall–Kier alpha value is -1.19. The van der Waals surface area contributed by atoms with Gasteiger partial charge in [-0.1, -0.05) is 25.6 Å². The Morgan fingerprint density at radius 1 is 1.43 bits per heavy atom. The normalized spacial score (nSPS) is 15.7. The first-order valence-corrected chi connectivity index (χ1v) is 8.13. The zero-order valence-electron chi connectivity index (χ0n) is 12.5. The molecular formula is C12H22N6O2S. The van der Waals surface area contributed by atoms with Gasteiger partial charge >= 0.3 is 0 Å². The van der Waals surface area contributed by atoms with Crippen LogP contribution in [-0.4, -0.2) is 75.7 Å². The number of thioether (sulfide) groups is 1. The Morgan fingerprint density at radius 3 is 2.90 bits per heavy atom. The van der Waals surface area contributed by atoms with Crippen molar-refractivity contribution in [3.8, 4) is 0 Å². The van der Waals surface area contributed by atoms with Crippen molar-refractivity contribution in [1.29, 1.82) is 0 Å². The molecule has 0 aliphatic carbocycles. The van der Waals surface area contributed by atoms with Crippen LogP contribution in [0.3, 0.4) is 0 Å². The molecule has 0 atom stereocenters. The average molecular weight is 314 g/mol. The molecule has 1 fully saturated rings. The summed E-state index contributed by atoms with van der Waals surface area (Å²) in [7, 11) is 0. The summed E-state index contributed by atoms with van der Waals surface area (Å²) in [6.07, 6.45) is 0. The predicted molar refractivity (Wildman–Crippen MR) is 79.1 cm³/mol. The SMILES string of the molecule is CC(C)NCCn1nnnc1SCC(=O)N1CCOCC1. The molecule has 2 rings (SSSR count). The van der Waals surface area contributed by atoms with E-state index < -0.39 is 0 Å². The molecule has 1 aromatic rings. The maximum atomic E-state index is 12.1. The highest BCUT2D eigenvalue weighted by atomic mass is 32.2. The van der Waals surface area contributed by atoms with Crippen molar-refractivity contribution in [3.63, 3.8) is 0 Å². The molecule has 1 aromatic heterocycles. The van der Waals surface area contributed by atoms with Crippen LogP contribution in [0.1, 0.15) is 13.8 Å². The second-order valence-electron chi connectivity index (χ2n) is 5.08. The van der Waals surface area contributed by atoms with Gasteiger partial charge in [-0.3, -0.25) is 4.79 Å². The minimum atomic E-state index is 0.109. The second-order valence-corrected chi connectivity index (χ2v) is 6.02. The largest absolute Gasteiger partial charge is 0.378 e. The summed E-state index contributed by atoms with van der Waals surface area (Å²) in [5.74, 6) is 0.469. The van der Waals surface area contributed by atoms with Gasteiger partial charge in [0.2, 0.25) is 11.1 Å². The van der Waals surface area contributed by atoms with Crippen LogP contribution < -0.4 is 5.32 Å². The Balaban J connectivity index is 1.77. The topological polar surface area (TPSA) is 85.2 Å². The molecule has 21 heavy (non-hydrogen) atoms. The third-order valence-corrected chi connectivity index (χ3v) is 4.01. The number of nitrogens with zero attached hydrogens (tertiary/aromatic N) is 5. The lowest BCUT2D eigenvalue weighted by molar-refractivity contribution is -0.132. The summed E-state index contributed by atoms with van der Waals surface area (Å²) in [6.45, 7) is 8.26. The van der Waals surface area contributed by atoms with Crippen molar-refractivity contribution in [2.75, 3.05) is 38.6 Å². The number of aromatic nitrogens is 4. The number of morpholine rings is 1. The Morgan fingerprint density at radius 2 is 2.19 bits per heavy atom. The van der Waals surface area contributed by atoms with Crippen molar-refractivity contribution in [3.05, 3.63) is 0 Å². The quantitative estimate of drug-likeness (QED) is 0.687. The highest BCUT2D eigenvalue weighted by Crippen LogP contribution is 2.14. The lowest BCUT2D eigenvalue weighted by Crippen LogP contribution is -2.41. The summed E-state index contributed by atoms with van der Waals surface area (Å²) < 4.78 is 6.97. The first-order valence-electron chi connectivity index (χ1n) is 7.14. The molecule has 1 N–H and O–H groups in total. The molecule has 9 heteroatoms. The highest BCUT2D eigenvalue weighted by molar-refractivity contribution is 7.99. The number of ether oxygens (including phenoxy) is 1. The van der Waals surface area contributed by atoms with E-state index in [1.165, 1.54) is 11.8 Å². The van der Waals surface area contributed by atoms with Crippen LogP contribution in [0.5, 0.6) is 0 Å². The molecule has 0 saturated carbocycles. The molecule has 1 saturated heterocycles. The lowest BCUT2D eigenvalue weighted by Gasteiger charge is -2.26. The fraction of sp³-hybridized carbons (Fsp3) is 0.833. The Bertz CT molecular complexity index is 447. The molecule has 0 unspecified atom stereocenters. The molecule has 0 radical (unpaired) electrons. The number of rotatable bonds is 7. The van der Waals surface area contributed by atoms with E-state index in [-0.39, 0.29) is 5.91 Å². The van der Waals surface area contributed by atoms with Gasteiger partial charge in [0, 0.05) is 25.7 Å². The smallest absolute Gasteiger partial charge is 0.233 e. The van der Waals surface area contributed by atoms with Crippen LogP contribution in [-0.2, 0) is 16.1 Å². The highest BCUT2D eigenvalue weighted by Gasteiger charge is 2.18. The summed E-state index contributed by atoms with van der Waals surface area (Å²) in [5.41, 5.74) is 0. The van der Waals surface area contributed by atoms with Crippen molar-refractivity contribution in [2.45, 2.75) is 31.6 Å². The monoisotopic (exact) mass is 314 g/mol. The summed E-state index contributed by atoms with van der Waals surface area (Å²) in [6, 6.07) is 0.431. The molecule has 8 nitrogen and oxygen atoms in total. The number of tetrazole rings is 1. The van der Waals surface area contributed by atoms with E-state index >= 15 is 0 Å². The van der Waals surface area contributed by atoms with Crippen molar-refractivity contribution < 1.29 is 9.53 Å². The minimum Gasteiger partial charge on any atom is -0.378 e. The third kappa shape index (κ3) is 5.25. The lowest BCUT2D eigenvalue weighted by atomic mass is 10.4. The first kappa shape index (κ1) is 16.2. The molecule has 0 spiro atoms. The minimum absolute atomic E-state index is 0.109. The van der Waals surface area contributed by atoms with E-state index in [2.05, 4.69) is 34.7 Å². The van der Waals surface area contributed by atoms with E-state index in [1.54, 1.807) is 4.68 Å². The van der Waals surface area contributed by atoms with Crippen molar-refractivity contribution >= 4 is 17.7 Å². The summed E-state index contributed by atoms with van der Waals surface area (Å²) in [4.78, 5) is 13.9. The molecule has 0 aromatic carbocycles. The van der Waals surface area contributed by atoms with Gasteiger partial charge in [0.15, 0.2) is 0 Å². The number of amides is 1. The average Bonchev–Trinajstić information content (AvgIpc) is 2.93. The van der Waals surface area contributed by atoms with Crippen molar-refractivity contribution in [2.24, 2.45) is 0 Å². The van der Waals surface area contributed by atoms with E-state index in [9.17, 15) is 4.79 Å². The summed E-state index contributed by atoms with van der Waals surface area (Å²) in [5, 5.41) is 15.6. The zero-order valence-corrected chi connectivity index (χ0v) is 13.3. The van der Waals surface area contributed by atoms with E-state index in [1.807, 2.05) is 4.90 Å². The fourth-order valence-corrected chi connectivity index (χ4v) is 2.74. The van der Waals surface area contributed by atoms with Crippen LogP contribution in [0.4, 0.5) is 0 Å². The van der Waals surface area contributed by atoms with Gasteiger partial charge < -0.3 is 15.0 Å². The van der Waals surface area contributed by atoms with Gasteiger partial charge in [-0.2, -0.15) is 0 Å². The molecule has 0 bridgehead atoms. The van der Waals surface area contributed by atoms with E-state index in [0.717, 1.165) is 6.54 Å². The Kier molecular flexibility index (Phi) is 6.40. The number of hydrogen-bond donors (Lipinski definition) is 1. The molecule has 118 valence electrons. The van der Waals surface area contributed by atoms with Gasteiger partial charge in [-0.25, -0.2) is 4.68 Å². The van der Waals surface area contributed by atoms with Gasteiger partial charge in [-0.15, -0.1) is 5.10 Å². The number of hydrogen-bond acceptors (Lipinski definition) is 7. The van der Waals surface area contributed by atoms with Crippen molar-refractivity contribution in [1.82, 2.24) is 30.4 Å². The fourth-order valence-electron chi connectivity index (χ4n) is 1.93. The van der Waals surface area contributed by atoms with Crippen LogP contribution in [0, 0.1) is 0 Å². The molecule has 1 amide bonds. The molecule has 2 heterocycles. The number of carbonyl (C=O) groups excluding carboxylic acids is 1. The van der Waals surface area contributed by atoms with Gasteiger partial charge in [0.25, 0.3) is 0 Å². The van der Waals surface area contributed by atoms with Crippen LogP contribution in [0.15, 0.2) is 5.16 Å². The van der Waals surface area contributed by atoms with Gasteiger partial charge in [-0.05, 0) is 10.4 Å². The van der Waals surface area contributed by atoms with E-state index in [0.29, 0.717) is 49.8 Å². The molecule has 1 aliphatic rings.